The molecule has 2 N–H and O–H groups in total. The molecule has 90 valence electrons. The van der Waals surface area contributed by atoms with E-state index in [0.717, 1.165) is 11.3 Å². The van der Waals surface area contributed by atoms with Crippen molar-refractivity contribution in [3.8, 4) is 0 Å². The fourth-order valence-electron chi connectivity index (χ4n) is 1.33. The summed E-state index contributed by atoms with van der Waals surface area (Å²) in [5, 5.41) is 11.4. The quantitative estimate of drug-likeness (QED) is 0.823. The fraction of sp³-hybridized carbons (Fsp3) is 0.462. The Morgan fingerprint density at radius 1 is 1.31 bits per heavy atom. The predicted molar refractivity (Wildman–Crippen MR) is 68.0 cm³/mol. The molecular weight excluding hydrogens is 202 g/mol. The van der Waals surface area contributed by atoms with Gasteiger partial charge in [0, 0.05) is 5.69 Å². The first kappa shape index (κ1) is 14.5. The highest BCUT2D eigenvalue weighted by Gasteiger charge is 2.05. The maximum Gasteiger partial charge on any atom is 0.322 e. The Morgan fingerprint density at radius 3 is 2.38 bits per heavy atom. The molecule has 0 saturated carbocycles. The monoisotopic (exact) mass is 223 g/mol. The van der Waals surface area contributed by atoms with Gasteiger partial charge < -0.3 is 10.4 Å². The summed E-state index contributed by atoms with van der Waals surface area (Å²) in [6.45, 7) is 8.13. The highest BCUT2D eigenvalue weighted by molar-refractivity contribution is 5.73. The van der Waals surface area contributed by atoms with Crippen LogP contribution in [0.3, 0.4) is 0 Å². The lowest BCUT2D eigenvalue weighted by Crippen LogP contribution is -2.13. The van der Waals surface area contributed by atoms with E-state index in [1.807, 2.05) is 38.1 Å². The number of para-hydroxylation sites is 1. The van der Waals surface area contributed by atoms with Crippen LogP contribution in [0.5, 0.6) is 0 Å². The Bertz CT molecular complexity index is 321. The van der Waals surface area contributed by atoms with Gasteiger partial charge in [0.25, 0.3) is 0 Å². The summed E-state index contributed by atoms with van der Waals surface area (Å²) in [6.07, 6.45) is 0. The molecule has 0 spiro atoms. The maximum absolute atomic E-state index is 10.4. The molecule has 0 aliphatic rings. The van der Waals surface area contributed by atoms with Crippen LogP contribution in [0.4, 0.5) is 5.69 Å². The number of nitrogens with one attached hydrogen (secondary N) is 1. The molecule has 1 aromatic rings. The van der Waals surface area contributed by atoms with Crippen molar-refractivity contribution in [1.29, 1.82) is 0 Å². The van der Waals surface area contributed by atoms with Crippen LogP contribution in [0, 0.1) is 0 Å². The molecule has 0 aliphatic carbocycles. The first-order chi connectivity index (χ1) is 7.61. The molecule has 1 aromatic carbocycles. The van der Waals surface area contributed by atoms with Gasteiger partial charge in [-0.2, -0.15) is 0 Å². The summed E-state index contributed by atoms with van der Waals surface area (Å²) in [6, 6.07) is 7.77. The predicted octanol–water partition coefficient (Wildman–Crippen LogP) is 3.33. The van der Waals surface area contributed by atoms with E-state index in [9.17, 15) is 4.79 Å². The molecule has 0 aromatic heterocycles. The van der Waals surface area contributed by atoms with Crippen molar-refractivity contribution in [1.82, 2.24) is 0 Å². The molecule has 0 heterocycles. The smallest absolute Gasteiger partial charge is 0.322 e. The van der Waals surface area contributed by atoms with Gasteiger partial charge in [-0.05, 0) is 17.5 Å². The third-order valence-corrected chi connectivity index (χ3v) is 2.01. The van der Waals surface area contributed by atoms with Gasteiger partial charge >= 0.3 is 5.97 Å². The van der Waals surface area contributed by atoms with E-state index < -0.39 is 5.97 Å². The Balaban J connectivity index is 0.00000106. The Morgan fingerprint density at radius 2 is 1.88 bits per heavy atom. The van der Waals surface area contributed by atoms with Crippen molar-refractivity contribution >= 4 is 11.7 Å². The Hall–Kier alpha value is -1.51. The SMILES string of the molecule is CC.CC(C)c1ccccc1NCC(=O)O. The first-order valence-corrected chi connectivity index (χ1v) is 5.66. The lowest BCUT2D eigenvalue weighted by Gasteiger charge is -2.12. The minimum Gasteiger partial charge on any atom is -0.480 e. The summed E-state index contributed by atoms with van der Waals surface area (Å²) in [5.74, 6) is -0.448. The number of rotatable bonds is 4. The van der Waals surface area contributed by atoms with E-state index >= 15 is 0 Å². The van der Waals surface area contributed by atoms with Crippen LogP contribution in [-0.4, -0.2) is 17.6 Å². The average Bonchev–Trinajstić information content (AvgIpc) is 2.29. The second-order valence-corrected chi connectivity index (χ2v) is 3.49. The van der Waals surface area contributed by atoms with Crippen LogP contribution in [0.2, 0.25) is 0 Å². The van der Waals surface area contributed by atoms with Crippen LogP contribution in [0.25, 0.3) is 0 Å². The second-order valence-electron chi connectivity index (χ2n) is 3.49. The standard InChI is InChI=1S/C11H15NO2.C2H6/c1-8(2)9-5-3-4-6-10(9)12-7-11(13)14;1-2/h3-6,8,12H,7H2,1-2H3,(H,13,14);1-2H3. The Labute approximate surface area is 97.5 Å². The van der Waals surface area contributed by atoms with Crippen LogP contribution >= 0.6 is 0 Å². The molecule has 16 heavy (non-hydrogen) atoms. The van der Waals surface area contributed by atoms with Crippen molar-refractivity contribution in [3.05, 3.63) is 29.8 Å². The lowest BCUT2D eigenvalue weighted by molar-refractivity contribution is -0.134. The zero-order chi connectivity index (χ0) is 12.6. The number of carboxylic acids is 1. The molecule has 3 heteroatoms. The summed E-state index contributed by atoms with van der Waals surface area (Å²) in [5.41, 5.74) is 2.05. The van der Waals surface area contributed by atoms with E-state index in [-0.39, 0.29) is 6.54 Å². The van der Waals surface area contributed by atoms with Crippen molar-refractivity contribution < 1.29 is 9.90 Å². The van der Waals surface area contributed by atoms with Gasteiger partial charge in [-0.15, -0.1) is 0 Å². The number of hydrogen-bond donors (Lipinski definition) is 2. The number of anilines is 1. The topological polar surface area (TPSA) is 49.3 Å². The van der Waals surface area contributed by atoms with Crippen LogP contribution in [0.1, 0.15) is 39.2 Å². The molecule has 0 unspecified atom stereocenters. The summed E-state index contributed by atoms with van der Waals surface area (Å²) in [4.78, 5) is 10.4. The minimum absolute atomic E-state index is 0.0380. The zero-order valence-electron chi connectivity index (χ0n) is 10.4. The molecule has 1 rings (SSSR count). The molecule has 0 saturated heterocycles. The number of carbonyl (C=O) groups is 1. The first-order valence-electron chi connectivity index (χ1n) is 5.66. The molecule has 3 nitrogen and oxygen atoms in total. The van der Waals surface area contributed by atoms with Crippen LogP contribution in [-0.2, 0) is 4.79 Å². The molecule has 0 radical (unpaired) electrons. The molecule has 0 aliphatic heterocycles. The highest BCUT2D eigenvalue weighted by Crippen LogP contribution is 2.23. The number of aliphatic carboxylic acids is 1. The normalized spacial score (nSPS) is 9.31. The van der Waals surface area contributed by atoms with Gasteiger partial charge in [0.05, 0.1) is 0 Å². The molecule has 0 fully saturated rings. The average molecular weight is 223 g/mol. The van der Waals surface area contributed by atoms with E-state index in [4.69, 9.17) is 5.11 Å². The van der Waals surface area contributed by atoms with Crippen molar-refractivity contribution in [3.63, 3.8) is 0 Å². The van der Waals surface area contributed by atoms with Gasteiger partial charge in [0.15, 0.2) is 0 Å². The number of benzene rings is 1. The number of carboxylic acid groups (broad SMARTS) is 1. The second kappa shape index (κ2) is 7.74. The third-order valence-electron chi connectivity index (χ3n) is 2.01. The maximum atomic E-state index is 10.4. The highest BCUT2D eigenvalue weighted by atomic mass is 16.4. The lowest BCUT2D eigenvalue weighted by atomic mass is 10.0. The van der Waals surface area contributed by atoms with E-state index in [0.29, 0.717) is 5.92 Å². The third kappa shape index (κ3) is 4.82. The van der Waals surface area contributed by atoms with Crippen molar-refractivity contribution in [2.24, 2.45) is 0 Å². The van der Waals surface area contributed by atoms with Crippen molar-refractivity contribution in [2.45, 2.75) is 33.6 Å². The largest absolute Gasteiger partial charge is 0.480 e. The van der Waals surface area contributed by atoms with Gasteiger partial charge in [-0.3, -0.25) is 4.79 Å². The van der Waals surface area contributed by atoms with Gasteiger partial charge in [-0.25, -0.2) is 0 Å². The van der Waals surface area contributed by atoms with Crippen LogP contribution in [0.15, 0.2) is 24.3 Å². The summed E-state index contributed by atoms with van der Waals surface area (Å²) < 4.78 is 0. The molecule has 0 atom stereocenters. The van der Waals surface area contributed by atoms with Gasteiger partial charge in [0.1, 0.15) is 6.54 Å². The van der Waals surface area contributed by atoms with E-state index in [1.54, 1.807) is 0 Å². The molecular formula is C13H21NO2. The fourth-order valence-corrected chi connectivity index (χ4v) is 1.33. The summed E-state index contributed by atoms with van der Waals surface area (Å²) in [7, 11) is 0. The van der Waals surface area contributed by atoms with E-state index in [2.05, 4.69) is 19.2 Å². The summed E-state index contributed by atoms with van der Waals surface area (Å²) >= 11 is 0. The minimum atomic E-state index is -0.844. The Kier molecular flexibility index (Phi) is 7.01. The van der Waals surface area contributed by atoms with Gasteiger partial charge in [0.2, 0.25) is 0 Å². The van der Waals surface area contributed by atoms with Crippen molar-refractivity contribution in [2.75, 3.05) is 11.9 Å². The van der Waals surface area contributed by atoms with Crippen LogP contribution < -0.4 is 5.32 Å². The number of hydrogen-bond acceptors (Lipinski definition) is 2. The molecule has 0 bridgehead atoms. The van der Waals surface area contributed by atoms with E-state index in [1.165, 1.54) is 0 Å². The molecule has 0 amide bonds. The van der Waals surface area contributed by atoms with Gasteiger partial charge in [-0.1, -0.05) is 45.9 Å². The zero-order valence-corrected chi connectivity index (χ0v) is 10.4.